The second-order valence-electron chi connectivity index (χ2n) is 4.98. The molecule has 1 N–H and O–H groups in total. The number of hydrogen-bond donors (Lipinski definition) is 1. The molecule has 0 spiro atoms. The number of nitrogens with zero attached hydrogens (tertiary/aromatic N) is 1. The number of allylic oxidation sites excluding steroid dienone is 1. The van der Waals surface area contributed by atoms with Gasteiger partial charge in [0.15, 0.2) is 0 Å². The first-order valence-corrected chi connectivity index (χ1v) is 8.11. The number of methoxy groups -OCH3 is 1. The molecular weight excluding hydrogens is 356 g/mol. The molecule has 5 nitrogen and oxygen atoms in total. The summed E-state index contributed by atoms with van der Waals surface area (Å²) in [6, 6.07) is 3.06. The summed E-state index contributed by atoms with van der Waals surface area (Å²) in [6.07, 6.45) is 0. The van der Waals surface area contributed by atoms with Crippen LogP contribution in [0, 0.1) is 0 Å². The van der Waals surface area contributed by atoms with Crippen molar-refractivity contribution in [2.24, 2.45) is 0 Å². The van der Waals surface area contributed by atoms with E-state index in [2.05, 4.69) is 21.2 Å². The van der Waals surface area contributed by atoms with Crippen LogP contribution < -0.4 is 5.32 Å². The molecule has 0 aromatic carbocycles. The summed E-state index contributed by atoms with van der Waals surface area (Å²) in [7, 11) is 1.35. The van der Waals surface area contributed by atoms with Crippen LogP contribution in [-0.2, 0) is 9.53 Å². The Hall–Kier alpha value is -1.34. The van der Waals surface area contributed by atoms with Gasteiger partial charge in [0.2, 0.25) is 0 Å². The fourth-order valence-electron chi connectivity index (χ4n) is 2.45. The minimum absolute atomic E-state index is 0.0410. The van der Waals surface area contributed by atoms with Gasteiger partial charge >= 0.3 is 12.0 Å². The van der Waals surface area contributed by atoms with Crippen LogP contribution >= 0.6 is 27.3 Å². The van der Waals surface area contributed by atoms with Crippen LogP contribution in [0.15, 0.2) is 27.2 Å². The van der Waals surface area contributed by atoms with Crippen LogP contribution in [0.3, 0.4) is 0 Å². The molecule has 114 valence electrons. The molecule has 1 aromatic heterocycles. The van der Waals surface area contributed by atoms with E-state index in [0.29, 0.717) is 11.3 Å². The molecule has 7 heteroatoms. The molecule has 0 fully saturated rings. The molecule has 0 saturated carbocycles. The highest BCUT2D eigenvalue weighted by molar-refractivity contribution is 9.11. The van der Waals surface area contributed by atoms with E-state index in [9.17, 15) is 9.59 Å². The molecule has 0 aliphatic carbocycles. The smallest absolute Gasteiger partial charge is 0.338 e. The van der Waals surface area contributed by atoms with Crippen LogP contribution in [-0.4, -0.2) is 30.1 Å². The lowest BCUT2D eigenvalue weighted by Gasteiger charge is -2.36. The van der Waals surface area contributed by atoms with Gasteiger partial charge in [-0.15, -0.1) is 11.3 Å². The zero-order chi connectivity index (χ0) is 15.7. The number of ether oxygens (including phenoxy) is 1. The maximum atomic E-state index is 12.3. The highest BCUT2D eigenvalue weighted by atomic mass is 79.9. The fourth-order valence-corrected chi connectivity index (χ4v) is 3.94. The van der Waals surface area contributed by atoms with E-state index in [4.69, 9.17) is 4.74 Å². The van der Waals surface area contributed by atoms with E-state index in [-0.39, 0.29) is 12.1 Å². The summed E-state index contributed by atoms with van der Waals surface area (Å²) in [5, 5.41) is 2.89. The lowest BCUT2D eigenvalue weighted by atomic mass is 10.00. The van der Waals surface area contributed by atoms with E-state index in [1.54, 1.807) is 11.8 Å². The quantitative estimate of drug-likeness (QED) is 0.826. The molecule has 0 bridgehead atoms. The van der Waals surface area contributed by atoms with Gasteiger partial charge in [-0.05, 0) is 48.8 Å². The third-order valence-electron chi connectivity index (χ3n) is 3.33. The van der Waals surface area contributed by atoms with Gasteiger partial charge in [0.25, 0.3) is 0 Å². The average Bonchev–Trinajstić information content (AvgIpc) is 2.83. The predicted octanol–water partition coefficient (Wildman–Crippen LogP) is 3.43. The van der Waals surface area contributed by atoms with Gasteiger partial charge in [0.1, 0.15) is 0 Å². The van der Waals surface area contributed by atoms with Crippen molar-refractivity contribution in [1.82, 2.24) is 10.2 Å². The SMILES string of the molecule is COC(=O)C1=C(C)N(C(C)C)C(=O)N[C@@H]1c1ccc(Br)s1. The number of amides is 2. The van der Waals surface area contributed by atoms with Crippen LogP contribution in [0.25, 0.3) is 0 Å². The van der Waals surface area contributed by atoms with Crippen LogP contribution in [0.4, 0.5) is 4.79 Å². The summed E-state index contributed by atoms with van der Waals surface area (Å²) >= 11 is 4.88. The Kier molecular flexibility index (Phi) is 4.73. The molecular formula is C14H17BrN2O3S. The van der Waals surface area contributed by atoms with Gasteiger partial charge in [-0.1, -0.05) is 0 Å². The van der Waals surface area contributed by atoms with Gasteiger partial charge in [0, 0.05) is 16.6 Å². The van der Waals surface area contributed by atoms with E-state index in [1.807, 2.05) is 26.0 Å². The fraction of sp³-hybridized carbons (Fsp3) is 0.429. The number of carbonyl (C=O) groups is 2. The summed E-state index contributed by atoms with van der Waals surface area (Å²) in [5.74, 6) is -0.423. The first-order valence-electron chi connectivity index (χ1n) is 6.50. The molecule has 2 heterocycles. The van der Waals surface area contributed by atoms with Crippen LogP contribution in [0.5, 0.6) is 0 Å². The van der Waals surface area contributed by atoms with Crippen molar-refractivity contribution < 1.29 is 14.3 Å². The standard InChI is InChI=1S/C14H17BrN2O3S/c1-7(2)17-8(3)11(13(18)20-4)12(16-14(17)19)9-5-6-10(15)21-9/h5-7,12H,1-4H3,(H,16,19)/t12-/m1/s1. The van der Waals surface area contributed by atoms with Gasteiger partial charge in [-0.3, -0.25) is 4.90 Å². The van der Waals surface area contributed by atoms with Gasteiger partial charge in [0.05, 0.1) is 22.5 Å². The molecule has 2 rings (SSSR count). The first kappa shape index (κ1) is 16.0. The number of thiophene rings is 1. The third kappa shape index (κ3) is 2.98. The second kappa shape index (κ2) is 6.19. The topological polar surface area (TPSA) is 58.6 Å². The minimum atomic E-state index is -0.476. The average molecular weight is 373 g/mol. The lowest BCUT2D eigenvalue weighted by molar-refractivity contribution is -0.136. The summed E-state index contributed by atoms with van der Waals surface area (Å²) < 4.78 is 5.84. The second-order valence-corrected chi connectivity index (χ2v) is 7.47. The molecule has 0 saturated heterocycles. The molecule has 2 amide bonds. The molecule has 21 heavy (non-hydrogen) atoms. The van der Waals surface area contributed by atoms with Gasteiger partial charge < -0.3 is 10.1 Å². The summed E-state index contributed by atoms with van der Waals surface area (Å²) in [6.45, 7) is 5.58. The molecule has 0 unspecified atom stereocenters. The van der Waals surface area contributed by atoms with E-state index < -0.39 is 12.0 Å². The number of hydrogen-bond acceptors (Lipinski definition) is 4. The van der Waals surface area contributed by atoms with Crippen LogP contribution in [0.2, 0.25) is 0 Å². The van der Waals surface area contributed by atoms with Gasteiger partial charge in [-0.25, -0.2) is 9.59 Å². The first-order chi connectivity index (χ1) is 9.86. The molecule has 1 aliphatic heterocycles. The number of rotatable bonds is 3. The minimum Gasteiger partial charge on any atom is -0.466 e. The molecule has 1 aliphatic rings. The molecule has 0 radical (unpaired) electrons. The monoisotopic (exact) mass is 372 g/mol. The Balaban J connectivity index is 2.55. The normalized spacial score (nSPS) is 19.0. The highest BCUT2D eigenvalue weighted by Gasteiger charge is 2.37. The number of esters is 1. The lowest BCUT2D eigenvalue weighted by Crippen LogP contribution is -2.50. The van der Waals surface area contributed by atoms with Crippen molar-refractivity contribution >= 4 is 39.3 Å². The number of nitrogens with one attached hydrogen (secondary N) is 1. The number of urea groups is 1. The zero-order valence-electron chi connectivity index (χ0n) is 12.3. The Morgan fingerprint density at radius 3 is 2.62 bits per heavy atom. The molecule has 1 atom stereocenters. The Morgan fingerprint density at radius 2 is 2.14 bits per heavy atom. The maximum Gasteiger partial charge on any atom is 0.338 e. The van der Waals surface area contributed by atoms with Crippen LogP contribution in [0.1, 0.15) is 31.7 Å². The molecule has 1 aromatic rings. The van der Waals surface area contributed by atoms with Gasteiger partial charge in [-0.2, -0.15) is 0 Å². The Morgan fingerprint density at radius 1 is 1.48 bits per heavy atom. The Labute approximate surface area is 136 Å². The van der Waals surface area contributed by atoms with Crippen molar-refractivity contribution in [3.05, 3.63) is 32.1 Å². The van der Waals surface area contributed by atoms with E-state index >= 15 is 0 Å². The van der Waals surface area contributed by atoms with Crippen molar-refractivity contribution in [2.75, 3.05) is 7.11 Å². The van der Waals surface area contributed by atoms with Crippen molar-refractivity contribution in [3.8, 4) is 0 Å². The van der Waals surface area contributed by atoms with Crippen molar-refractivity contribution in [3.63, 3.8) is 0 Å². The van der Waals surface area contributed by atoms with Crippen molar-refractivity contribution in [2.45, 2.75) is 32.9 Å². The third-order valence-corrected chi connectivity index (χ3v) is 5.02. The zero-order valence-corrected chi connectivity index (χ0v) is 14.7. The Bertz CT molecular complexity index is 609. The van der Waals surface area contributed by atoms with E-state index in [1.165, 1.54) is 18.4 Å². The predicted molar refractivity (Wildman–Crippen MR) is 85.0 cm³/mol. The largest absolute Gasteiger partial charge is 0.466 e. The summed E-state index contributed by atoms with van der Waals surface area (Å²) in [4.78, 5) is 27.0. The van der Waals surface area contributed by atoms with Crippen molar-refractivity contribution in [1.29, 1.82) is 0 Å². The van der Waals surface area contributed by atoms with E-state index in [0.717, 1.165) is 8.66 Å². The summed E-state index contributed by atoms with van der Waals surface area (Å²) in [5.41, 5.74) is 1.11. The number of halogens is 1. The number of carbonyl (C=O) groups excluding carboxylic acids is 2. The highest BCUT2D eigenvalue weighted by Crippen LogP contribution is 2.36. The maximum absolute atomic E-state index is 12.3.